The van der Waals surface area contributed by atoms with E-state index in [4.69, 9.17) is 16.0 Å². The summed E-state index contributed by atoms with van der Waals surface area (Å²) < 4.78 is 6.89. The van der Waals surface area contributed by atoms with Crippen LogP contribution in [0.2, 0.25) is 5.02 Å². The third kappa shape index (κ3) is 4.99. The number of furan rings is 1. The maximum Gasteiger partial charge on any atom is 0.249 e. The number of fused-ring (bicyclic) bond motifs is 1. The van der Waals surface area contributed by atoms with Crippen LogP contribution < -0.4 is 10.2 Å². The van der Waals surface area contributed by atoms with Gasteiger partial charge in [-0.25, -0.2) is 4.68 Å². The van der Waals surface area contributed by atoms with Gasteiger partial charge < -0.3 is 9.73 Å². The number of para-hydroxylation sites is 1. The molecule has 2 heterocycles. The summed E-state index contributed by atoms with van der Waals surface area (Å²) in [6, 6.07) is 25.9. The highest BCUT2D eigenvalue weighted by Crippen LogP contribution is 2.30. The summed E-state index contributed by atoms with van der Waals surface area (Å²) in [5.74, 6) is -0.0899. The van der Waals surface area contributed by atoms with Crippen molar-refractivity contribution >= 4 is 40.1 Å². The summed E-state index contributed by atoms with van der Waals surface area (Å²) in [6.07, 6.45) is 1.54. The monoisotopic (exact) mass is 499 g/mol. The molecule has 180 valence electrons. The second-order valence-electron chi connectivity index (χ2n) is 8.09. The molecule has 5 rings (SSSR count). The van der Waals surface area contributed by atoms with Gasteiger partial charge in [-0.15, -0.1) is 5.10 Å². The van der Waals surface area contributed by atoms with Gasteiger partial charge in [-0.05, 0) is 54.1 Å². The van der Waals surface area contributed by atoms with Crippen LogP contribution in [0.25, 0.3) is 11.0 Å². The number of amides is 2. The zero-order valence-corrected chi connectivity index (χ0v) is 19.9. The summed E-state index contributed by atoms with van der Waals surface area (Å²) >= 11 is 6.13. The zero-order chi connectivity index (χ0) is 24.9. The molecule has 0 aliphatic carbocycles. The lowest BCUT2D eigenvalue weighted by Gasteiger charge is -2.31. The highest BCUT2D eigenvalue weighted by molar-refractivity contribution is 6.30. The van der Waals surface area contributed by atoms with Crippen LogP contribution >= 0.6 is 11.6 Å². The SMILES string of the molecule is O=C(NCc1ccco1)[C@@H](c1ccccc1)N(C(=O)Cn1nnc2ccccc21)c1ccc(Cl)cc1. The van der Waals surface area contributed by atoms with Gasteiger partial charge in [0.15, 0.2) is 0 Å². The number of hydrogen-bond acceptors (Lipinski definition) is 5. The number of rotatable bonds is 8. The number of aromatic nitrogens is 3. The maximum atomic E-state index is 13.9. The average molecular weight is 500 g/mol. The van der Waals surface area contributed by atoms with Gasteiger partial charge in [0.05, 0.1) is 18.3 Å². The molecule has 1 N–H and O–H groups in total. The van der Waals surface area contributed by atoms with Crippen molar-refractivity contribution in [3.63, 3.8) is 0 Å². The number of benzene rings is 3. The molecule has 0 aliphatic heterocycles. The van der Waals surface area contributed by atoms with Crippen LogP contribution in [0.1, 0.15) is 17.4 Å². The van der Waals surface area contributed by atoms with Gasteiger partial charge in [0.25, 0.3) is 0 Å². The highest BCUT2D eigenvalue weighted by Gasteiger charge is 2.33. The van der Waals surface area contributed by atoms with Gasteiger partial charge in [0, 0.05) is 10.7 Å². The van der Waals surface area contributed by atoms with Crippen LogP contribution in [0.5, 0.6) is 0 Å². The Morgan fingerprint density at radius 3 is 2.44 bits per heavy atom. The molecule has 8 nitrogen and oxygen atoms in total. The van der Waals surface area contributed by atoms with E-state index in [-0.39, 0.29) is 24.9 Å². The van der Waals surface area contributed by atoms with Gasteiger partial charge in [0.2, 0.25) is 11.8 Å². The first-order valence-corrected chi connectivity index (χ1v) is 11.7. The molecule has 9 heteroatoms. The lowest BCUT2D eigenvalue weighted by atomic mass is 10.0. The minimum absolute atomic E-state index is 0.113. The average Bonchev–Trinajstić information content (AvgIpc) is 3.57. The van der Waals surface area contributed by atoms with Crippen LogP contribution in [-0.2, 0) is 22.7 Å². The Hall–Kier alpha value is -4.43. The van der Waals surface area contributed by atoms with Crippen LogP contribution in [0.15, 0.2) is 102 Å². The van der Waals surface area contributed by atoms with Gasteiger partial charge in [-0.1, -0.05) is 59.3 Å². The van der Waals surface area contributed by atoms with E-state index >= 15 is 0 Å². The topological polar surface area (TPSA) is 93.3 Å². The summed E-state index contributed by atoms with van der Waals surface area (Å²) in [7, 11) is 0. The molecule has 5 aromatic rings. The number of anilines is 1. The molecule has 0 fully saturated rings. The van der Waals surface area contributed by atoms with Crippen molar-refractivity contribution < 1.29 is 14.0 Å². The molecule has 2 aromatic heterocycles. The smallest absolute Gasteiger partial charge is 0.249 e. The second kappa shape index (κ2) is 10.5. The van der Waals surface area contributed by atoms with Gasteiger partial charge in [-0.3, -0.25) is 14.5 Å². The van der Waals surface area contributed by atoms with E-state index in [0.717, 1.165) is 5.52 Å². The first kappa shape index (κ1) is 23.3. The van der Waals surface area contributed by atoms with E-state index in [9.17, 15) is 9.59 Å². The fourth-order valence-electron chi connectivity index (χ4n) is 4.01. The zero-order valence-electron chi connectivity index (χ0n) is 19.1. The predicted molar refractivity (Wildman–Crippen MR) is 136 cm³/mol. The Bertz CT molecular complexity index is 1470. The molecule has 0 bridgehead atoms. The van der Waals surface area contributed by atoms with E-state index in [0.29, 0.717) is 27.6 Å². The largest absolute Gasteiger partial charge is 0.467 e. The lowest BCUT2D eigenvalue weighted by Crippen LogP contribution is -2.45. The summed E-state index contributed by atoms with van der Waals surface area (Å²) in [5.41, 5.74) is 2.58. The quantitative estimate of drug-likeness (QED) is 0.332. The van der Waals surface area contributed by atoms with Crippen LogP contribution in [0.4, 0.5) is 5.69 Å². The molecule has 0 saturated carbocycles. The van der Waals surface area contributed by atoms with E-state index in [2.05, 4.69) is 15.6 Å². The maximum absolute atomic E-state index is 13.9. The molecule has 0 saturated heterocycles. The fraction of sp³-hybridized carbons (Fsp3) is 0.111. The minimum Gasteiger partial charge on any atom is -0.467 e. The minimum atomic E-state index is -0.954. The van der Waals surface area contributed by atoms with Gasteiger partial charge >= 0.3 is 0 Å². The summed E-state index contributed by atoms with van der Waals surface area (Å²) in [5, 5.41) is 11.7. The number of nitrogens with zero attached hydrogens (tertiary/aromatic N) is 4. The Morgan fingerprint density at radius 1 is 0.944 bits per heavy atom. The van der Waals surface area contributed by atoms with E-state index in [1.54, 1.807) is 42.7 Å². The predicted octanol–water partition coefficient (Wildman–Crippen LogP) is 4.77. The Kier molecular flexibility index (Phi) is 6.77. The number of nitrogens with one attached hydrogen (secondary N) is 1. The standard InChI is InChI=1S/C27H22ClN5O3/c28-20-12-14-21(15-13-20)33(25(34)18-32-24-11-5-4-10-23(24)30-31-32)26(19-7-2-1-3-8-19)27(35)29-17-22-9-6-16-36-22/h1-16,26H,17-18H2,(H,29,35)/t26-/m1/s1. The highest BCUT2D eigenvalue weighted by atomic mass is 35.5. The molecular formula is C27H22ClN5O3. The Balaban J connectivity index is 1.54. The van der Waals surface area contributed by atoms with Crippen LogP contribution in [0, 0.1) is 0 Å². The van der Waals surface area contributed by atoms with Crippen molar-refractivity contribution in [3.8, 4) is 0 Å². The summed E-state index contributed by atoms with van der Waals surface area (Å²) in [6.45, 7) is 0.0729. The number of halogens is 1. The van der Waals surface area contributed by atoms with E-state index < -0.39 is 6.04 Å². The van der Waals surface area contributed by atoms with E-state index in [1.807, 2.05) is 54.6 Å². The lowest BCUT2D eigenvalue weighted by molar-refractivity contribution is -0.127. The van der Waals surface area contributed by atoms with Crippen molar-refractivity contribution in [2.24, 2.45) is 0 Å². The first-order valence-electron chi connectivity index (χ1n) is 11.3. The van der Waals surface area contributed by atoms with Crippen LogP contribution in [0.3, 0.4) is 0 Å². The van der Waals surface area contributed by atoms with Crippen molar-refractivity contribution in [1.29, 1.82) is 0 Å². The summed E-state index contributed by atoms with van der Waals surface area (Å²) in [4.78, 5) is 29.0. The molecule has 0 unspecified atom stereocenters. The second-order valence-corrected chi connectivity index (χ2v) is 8.52. The molecule has 0 radical (unpaired) electrons. The third-order valence-electron chi connectivity index (χ3n) is 5.72. The molecule has 0 aliphatic rings. The van der Waals surface area contributed by atoms with Crippen molar-refractivity contribution in [2.75, 3.05) is 4.90 Å². The van der Waals surface area contributed by atoms with Crippen molar-refractivity contribution in [1.82, 2.24) is 20.3 Å². The molecule has 1 atom stereocenters. The van der Waals surface area contributed by atoms with Gasteiger partial charge in [0.1, 0.15) is 23.9 Å². The van der Waals surface area contributed by atoms with Gasteiger partial charge in [-0.2, -0.15) is 0 Å². The first-order chi connectivity index (χ1) is 17.6. The van der Waals surface area contributed by atoms with Crippen LogP contribution in [-0.4, -0.2) is 26.8 Å². The third-order valence-corrected chi connectivity index (χ3v) is 5.97. The Morgan fingerprint density at radius 2 is 1.69 bits per heavy atom. The van der Waals surface area contributed by atoms with Crippen molar-refractivity contribution in [2.45, 2.75) is 19.1 Å². The van der Waals surface area contributed by atoms with Crippen molar-refractivity contribution in [3.05, 3.63) is 114 Å². The molecule has 3 aromatic carbocycles. The number of carbonyl (C=O) groups excluding carboxylic acids is 2. The normalized spacial score (nSPS) is 11.8. The number of hydrogen-bond donors (Lipinski definition) is 1. The molecular weight excluding hydrogens is 478 g/mol. The number of carbonyl (C=O) groups is 2. The van der Waals surface area contributed by atoms with E-state index in [1.165, 1.54) is 9.58 Å². The molecule has 2 amide bonds. The fourth-order valence-corrected chi connectivity index (χ4v) is 4.14. The molecule has 0 spiro atoms. The Labute approximate surface area is 212 Å². The molecule has 36 heavy (non-hydrogen) atoms.